The summed E-state index contributed by atoms with van der Waals surface area (Å²) in [5, 5.41) is 6.42. The molecule has 1 fully saturated rings. The van der Waals surface area contributed by atoms with E-state index in [1.165, 1.54) is 0 Å². The van der Waals surface area contributed by atoms with Crippen LogP contribution in [-0.4, -0.2) is 11.8 Å². The summed E-state index contributed by atoms with van der Waals surface area (Å²) in [5.41, 5.74) is 1.60. The van der Waals surface area contributed by atoms with Crippen molar-refractivity contribution in [3.63, 3.8) is 0 Å². The first kappa shape index (κ1) is 17.8. The zero-order valence-corrected chi connectivity index (χ0v) is 15.2. The Balaban J connectivity index is 1.63. The highest BCUT2D eigenvalue weighted by molar-refractivity contribution is 6.36. The van der Waals surface area contributed by atoms with Gasteiger partial charge in [0.2, 0.25) is 11.8 Å². The van der Waals surface area contributed by atoms with Gasteiger partial charge in [0.1, 0.15) is 5.41 Å². The Morgan fingerprint density at radius 1 is 1.04 bits per heavy atom. The summed E-state index contributed by atoms with van der Waals surface area (Å²) in [6, 6.07) is 12.7. The van der Waals surface area contributed by atoms with E-state index in [-0.39, 0.29) is 11.8 Å². The summed E-state index contributed by atoms with van der Waals surface area (Å²) >= 11 is 11.9. The van der Waals surface area contributed by atoms with Crippen LogP contribution in [0, 0.1) is 12.3 Å². The van der Waals surface area contributed by atoms with Crippen molar-refractivity contribution in [3.8, 4) is 0 Å². The summed E-state index contributed by atoms with van der Waals surface area (Å²) in [5.74, 6) is -0.589. The topological polar surface area (TPSA) is 58.2 Å². The molecule has 6 heteroatoms. The molecular weight excluding hydrogens is 359 g/mol. The van der Waals surface area contributed by atoms with Crippen molar-refractivity contribution < 1.29 is 9.59 Å². The van der Waals surface area contributed by atoms with E-state index < -0.39 is 5.41 Å². The van der Waals surface area contributed by atoms with Gasteiger partial charge in [0.15, 0.2) is 0 Å². The number of anilines is 1. The van der Waals surface area contributed by atoms with E-state index in [2.05, 4.69) is 10.6 Å². The van der Waals surface area contributed by atoms with Crippen molar-refractivity contribution in [1.82, 2.24) is 5.32 Å². The van der Waals surface area contributed by atoms with Gasteiger partial charge in [-0.3, -0.25) is 9.59 Å². The highest BCUT2D eigenvalue weighted by Crippen LogP contribution is 2.47. The van der Waals surface area contributed by atoms with E-state index >= 15 is 0 Å². The van der Waals surface area contributed by atoms with Gasteiger partial charge in [0.25, 0.3) is 0 Å². The van der Waals surface area contributed by atoms with Crippen molar-refractivity contribution in [1.29, 1.82) is 0 Å². The molecule has 0 spiro atoms. The lowest BCUT2D eigenvalue weighted by molar-refractivity contribution is -0.134. The van der Waals surface area contributed by atoms with Crippen LogP contribution in [0.2, 0.25) is 10.0 Å². The number of hydrogen-bond donors (Lipinski definition) is 2. The molecule has 130 valence electrons. The van der Waals surface area contributed by atoms with Gasteiger partial charge in [-0.2, -0.15) is 0 Å². The number of rotatable bonds is 5. The maximum Gasteiger partial charge on any atom is 0.240 e. The van der Waals surface area contributed by atoms with Gasteiger partial charge < -0.3 is 10.6 Å². The molecule has 0 heterocycles. The third kappa shape index (κ3) is 3.97. The third-order valence-electron chi connectivity index (χ3n) is 4.37. The monoisotopic (exact) mass is 376 g/mol. The summed E-state index contributed by atoms with van der Waals surface area (Å²) in [4.78, 5) is 25.1. The van der Waals surface area contributed by atoms with Crippen LogP contribution in [0.3, 0.4) is 0 Å². The van der Waals surface area contributed by atoms with E-state index in [1.54, 1.807) is 18.2 Å². The van der Waals surface area contributed by atoms with Crippen LogP contribution < -0.4 is 10.6 Å². The van der Waals surface area contributed by atoms with E-state index in [9.17, 15) is 9.59 Å². The van der Waals surface area contributed by atoms with Gasteiger partial charge in [-0.25, -0.2) is 0 Å². The van der Waals surface area contributed by atoms with Crippen molar-refractivity contribution in [3.05, 3.63) is 63.6 Å². The smallest absolute Gasteiger partial charge is 0.240 e. The summed E-state index contributed by atoms with van der Waals surface area (Å²) in [6.45, 7) is 2.41. The molecule has 0 unspecified atom stereocenters. The molecule has 0 aliphatic heterocycles. The minimum absolute atomic E-state index is 0.254. The van der Waals surface area contributed by atoms with Crippen molar-refractivity contribution >= 4 is 40.7 Å². The van der Waals surface area contributed by atoms with E-state index in [0.29, 0.717) is 35.1 Å². The largest absolute Gasteiger partial charge is 0.351 e. The average molecular weight is 377 g/mol. The molecule has 1 aliphatic carbocycles. The second-order valence-electron chi connectivity index (χ2n) is 6.33. The number of hydrogen-bond acceptors (Lipinski definition) is 2. The molecule has 2 aromatic rings. The van der Waals surface area contributed by atoms with Gasteiger partial charge in [-0.1, -0.05) is 53.0 Å². The molecule has 2 amide bonds. The minimum Gasteiger partial charge on any atom is -0.351 e. The van der Waals surface area contributed by atoms with Crippen molar-refractivity contribution in [2.45, 2.75) is 26.3 Å². The number of carbonyl (C=O) groups is 2. The fourth-order valence-corrected chi connectivity index (χ4v) is 3.03. The second-order valence-corrected chi connectivity index (χ2v) is 7.17. The molecular formula is C19H18Cl2N2O2. The fraction of sp³-hybridized carbons (Fsp3) is 0.263. The number of nitrogens with one attached hydrogen (secondary N) is 2. The molecule has 0 radical (unpaired) electrons. The average Bonchev–Trinajstić information content (AvgIpc) is 3.38. The fourth-order valence-electron chi connectivity index (χ4n) is 2.57. The van der Waals surface area contributed by atoms with Crippen molar-refractivity contribution in [2.24, 2.45) is 5.41 Å². The van der Waals surface area contributed by atoms with Crippen LogP contribution in [0.1, 0.15) is 24.0 Å². The predicted octanol–water partition coefficient (Wildman–Crippen LogP) is 4.34. The third-order valence-corrected chi connectivity index (χ3v) is 4.92. The first-order valence-corrected chi connectivity index (χ1v) is 8.77. The summed E-state index contributed by atoms with van der Waals surface area (Å²) < 4.78 is 0. The highest BCUT2D eigenvalue weighted by atomic mass is 35.5. The SMILES string of the molecule is Cc1ccc(CNC(=O)C2(C(=O)Nc3ccc(Cl)cc3Cl)CC2)cc1. The molecule has 0 aromatic heterocycles. The highest BCUT2D eigenvalue weighted by Gasteiger charge is 2.56. The molecule has 3 rings (SSSR count). The second kappa shape index (κ2) is 7.06. The molecule has 0 saturated heterocycles. The number of aryl methyl sites for hydroxylation is 1. The Kier molecular flexibility index (Phi) is 5.02. The molecule has 4 nitrogen and oxygen atoms in total. The first-order chi connectivity index (χ1) is 11.9. The molecule has 0 atom stereocenters. The first-order valence-electron chi connectivity index (χ1n) is 8.01. The number of halogens is 2. The van der Waals surface area contributed by atoms with Crippen LogP contribution in [0.15, 0.2) is 42.5 Å². The zero-order chi connectivity index (χ0) is 18.0. The normalized spacial score (nSPS) is 14.7. The number of carbonyl (C=O) groups excluding carboxylic acids is 2. The molecule has 2 N–H and O–H groups in total. The van der Waals surface area contributed by atoms with Gasteiger partial charge in [-0.05, 0) is 43.5 Å². The Labute approximate surface area is 156 Å². The van der Waals surface area contributed by atoms with Crippen LogP contribution in [0.5, 0.6) is 0 Å². The standard InChI is InChI=1S/C19H18Cl2N2O2/c1-12-2-4-13(5-3-12)11-22-17(24)19(8-9-19)18(25)23-16-7-6-14(20)10-15(16)21/h2-7,10H,8-9,11H2,1H3,(H,22,24)(H,23,25). The molecule has 1 saturated carbocycles. The van der Waals surface area contributed by atoms with Crippen LogP contribution in [-0.2, 0) is 16.1 Å². The zero-order valence-electron chi connectivity index (χ0n) is 13.7. The Hall–Kier alpha value is -2.04. The Bertz CT molecular complexity index is 815. The Morgan fingerprint density at radius 3 is 2.32 bits per heavy atom. The Morgan fingerprint density at radius 2 is 1.72 bits per heavy atom. The lowest BCUT2D eigenvalue weighted by Gasteiger charge is -2.16. The van der Waals surface area contributed by atoms with E-state index in [1.807, 2.05) is 31.2 Å². The summed E-state index contributed by atoms with van der Waals surface area (Å²) in [7, 11) is 0. The minimum atomic E-state index is -1.01. The van der Waals surface area contributed by atoms with Gasteiger partial charge in [0.05, 0.1) is 10.7 Å². The maximum absolute atomic E-state index is 12.6. The van der Waals surface area contributed by atoms with Gasteiger partial charge in [-0.15, -0.1) is 0 Å². The van der Waals surface area contributed by atoms with Gasteiger partial charge >= 0.3 is 0 Å². The number of benzene rings is 2. The predicted molar refractivity (Wildman–Crippen MR) is 99.8 cm³/mol. The lowest BCUT2D eigenvalue weighted by Crippen LogP contribution is -2.39. The maximum atomic E-state index is 12.6. The van der Waals surface area contributed by atoms with E-state index in [0.717, 1.165) is 11.1 Å². The molecule has 25 heavy (non-hydrogen) atoms. The van der Waals surface area contributed by atoms with Gasteiger partial charge in [0, 0.05) is 11.6 Å². The van der Waals surface area contributed by atoms with Crippen molar-refractivity contribution in [2.75, 3.05) is 5.32 Å². The molecule has 0 bridgehead atoms. The van der Waals surface area contributed by atoms with Crippen LogP contribution >= 0.6 is 23.2 Å². The molecule has 2 aromatic carbocycles. The van der Waals surface area contributed by atoms with E-state index in [4.69, 9.17) is 23.2 Å². The molecule has 1 aliphatic rings. The lowest BCUT2D eigenvalue weighted by atomic mass is 10.0. The summed E-state index contributed by atoms with van der Waals surface area (Å²) in [6.07, 6.45) is 1.06. The van der Waals surface area contributed by atoms with Crippen LogP contribution in [0.4, 0.5) is 5.69 Å². The number of amides is 2. The van der Waals surface area contributed by atoms with Crippen LogP contribution in [0.25, 0.3) is 0 Å². The quantitative estimate of drug-likeness (QED) is 0.762.